The van der Waals surface area contributed by atoms with E-state index in [1.54, 1.807) is 0 Å². The fourth-order valence-electron chi connectivity index (χ4n) is 1.66. The topological polar surface area (TPSA) is 0 Å². The normalized spacial score (nSPS) is 54.7. The smallest absolute Gasteiger partial charge is 0.0196 e. The Bertz CT molecular complexity index is 101. The summed E-state index contributed by atoms with van der Waals surface area (Å²) >= 11 is 0. The maximum Gasteiger partial charge on any atom is -0.0196 e. The minimum absolute atomic E-state index is 0.977. The first kappa shape index (κ1) is 3.71. The van der Waals surface area contributed by atoms with Gasteiger partial charge in [-0.1, -0.05) is 19.1 Å². The summed E-state index contributed by atoms with van der Waals surface area (Å²) in [6.45, 7) is 2.35. The van der Waals surface area contributed by atoms with Gasteiger partial charge in [-0.2, -0.15) is 0 Å². The molecule has 0 spiro atoms. The Labute approximate surface area is 44.2 Å². The Morgan fingerprint density at radius 1 is 1.29 bits per heavy atom. The lowest BCUT2D eigenvalue weighted by molar-refractivity contribution is 0.203. The van der Waals surface area contributed by atoms with Gasteiger partial charge in [0.05, 0.1) is 0 Å². The third-order valence-electron chi connectivity index (χ3n) is 2.50. The number of rotatable bonds is 0. The predicted molar refractivity (Wildman–Crippen MR) is 29.9 cm³/mol. The number of hydrogen-bond acceptors (Lipinski definition) is 0. The van der Waals surface area contributed by atoms with E-state index in [0.717, 1.165) is 17.8 Å². The average molecular weight is 94.2 g/mol. The van der Waals surface area contributed by atoms with Crippen molar-refractivity contribution >= 4 is 0 Å². The zero-order valence-electron chi connectivity index (χ0n) is 4.59. The van der Waals surface area contributed by atoms with Crippen LogP contribution in [-0.4, -0.2) is 0 Å². The first-order valence-electron chi connectivity index (χ1n) is 3.06. The molecule has 0 radical (unpaired) electrons. The van der Waals surface area contributed by atoms with Crippen LogP contribution in [0.25, 0.3) is 0 Å². The summed E-state index contributed by atoms with van der Waals surface area (Å²) in [5.41, 5.74) is 0. The standard InChI is InChI=1S/C7H10/c1-5-6-2-3-7(5)4-6/h2-3,5-7H,4H2,1H3. The first-order chi connectivity index (χ1) is 3.38. The third-order valence-corrected chi connectivity index (χ3v) is 2.50. The van der Waals surface area contributed by atoms with Crippen LogP contribution < -0.4 is 0 Å². The maximum absolute atomic E-state index is 2.37. The molecular formula is C7H10. The summed E-state index contributed by atoms with van der Waals surface area (Å²) in [6, 6.07) is 0. The van der Waals surface area contributed by atoms with Gasteiger partial charge in [-0.05, 0) is 24.2 Å². The van der Waals surface area contributed by atoms with Gasteiger partial charge in [0.15, 0.2) is 0 Å². The molecular weight excluding hydrogens is 84.1 g/mol. The summed E-state index contributed by atoms with van der Waals surface area (Å²) < 4.78 is 0. The fourth-order valence-corrected chi connectivity index (χ4v) is 1.66. The van der Waals surface area contributed by atoms with Gasteiger partial charge < -0.3 is 0 Å². The molecule has 38 valence electrons. The second kappa shape index (κ2) is 0.936. The molecule has 3 rings (SSSR count). The quantitative estimate of drug-likeness (QED) is 0.402. The van der Waals surface area contributed by atoms with Gasteiger partial charge in [0.25, 0.3) is 0 Å². The lowest BCUT2D eigenvalue weighted by atomic mass is 9.72. The van der Waals surface area contributed by atoms with Crippen LogP contribution in [-0.2, 0) is 0 Å². The fraction of sp³-hybridized carbons (Fsp3) is 0.714. The molecule has 0 aromatic heterocycles. The lowest BCUT2D eigenvalue weighted by Gasteiger charge is -2.32. The Kier molecular flexibility index (Phi) is 0.495. The molecule has 7 heavy (non-hydrogen) atoms. The molecule has 0 aromatic carbocycles. The SMILES string of the molecule is CC1C2C=CC1C2. The predicted octanol–water partition coefficient (Wildman–Crippen LogP) is 1.83. The van der Waals surface area contributed by atoms with Crippen molar-refractivity contribution in [3.63, 3.8) is 0 Å². The second-order valence-electron chi connectivity index (χ2n) is 2.81. The molecule has 0 nitrogen and oxygen atoms in total. The van der Waals surface area contributed by atoms with Gasteiger partial charge in [-0.3, -0.25) is 0 Å². The van der Waals surface area contributed by atoms with Crippen LogP contribution in [0.4, 0.5) is 0 Å². The molecule has 1 fully saturated rings. The molecule has 1 saturated carbocycles. The van der Waals surface area contributed by atoms with Gasteiger partial charge in [-0.15, -0.1) is 0 Å². The maximum atomic E-state index is 2.37. The minimum atomic E-state index is 0.977. The molecule has 0 aromatic rings. The Balaban J connectivity index is 2.24. The molecule has 2 atom stereocenters. The van der Waals surface area contributed by atoms with Crippen LogP contribution in [0, 0.1) is 17.8 Å². The highest BCUT2D eigenvalue weighted by Gasteiger charge is 2.38. The molecule has 3 aliphatic rings. The Hall–Kier alpha value is -0.260. The van der Waals surface area contributed by atoms with Crippen molar-refractivity contribution in [1.82, 2.24) is 0 Å². The van der Waals surface area contributed by atoms with Crippen molar-refractivity contribution in [1.29, 1.82) is 0 Å². The van der Waals surface area contributed by atoms with E-state index in [4.69, 9.17) is 0 Å². The molecule has 2 unspecified atom stereocenters. The molecule has 0 N–H and O–H groups in total. The third kappa shape index (κ3) is 0.287. The van der Waals surface area contributed by atoms with E-state index in [1.165, 1.54) is 6.42 Å². The van der Waals surface area contributed by atoms with Gasteiger partial charge in [0.1, 0.15) is 0 Å². The highest BCUT2D eigenvalue weighted by Crippen LogP contribution is 2.47. The highest BCUT2D eigenvalue weighted by molar-refractivity contribution is 5.14. The first-order valence-corrected chi connectivity index (χ1v) is 3.06. The largest absolute Gasteiger partial charge is 0.0848 e. The zero-order chi connectivity index (χ0) is 4.85. The van der Waals surface area contributed by atoms with Crippen LogP contribution in [0.15, 0.2) is 12.2 Å². The second-order valence-corrected chi connectivity index (χ2v) is 2.81. The van der Waals surface area contributed by atoms with Gasteiger partial charge >= 0.3 is 0 Å². The summed E-state index contributed by atoms with van der Waals surface area (Å²) in [5, 5.41) is 0. The van der Waals surface area contributed by atoms with E-state index in [0.29, 0.717) is 0 Å². The number of allylic oxidation sites excluding steroid dienone is 2. The van der Waals surface area contributed by atoms with E-state index >= 15 is 0 Å². The Morgan fingerprint density at radius 3 is 2.00 bits per heavy atom. The summed E-state index contributed by atoms with van der Waals surface area (Å²) in [7, 11) is 0. The van der Waals surface area contributed by atoms with Gasteiger partial charge in [0.2, 0.25) is 0 Å². The summed E-state index contributed by atoms with van der Waals surface area (Å²) in [6.07, 6.45) is 6.20. The van der Waals surface area contributed by atoms with Gasteiger partial charge in [0, 0.05) is 0 Å². The van der Waals surface area contributed by atoms with E-state index in [9.17, 15) is 0 Å². The van der Waals surface area contributed by atoms with Crippen LogP contribution >= 0.6 is 0 Å². The molecule has 0 amide bonds. The molecule has 0 saturated heterocycles. The Morgan fingerprint density at radius 2 is 1.86 bits per heavy atom. The lowest BCUT2D eigenvalue weighted by Crippen LogP contribution is -2.25. The van der Waals surface area contributed by atoms with Crippen LogP contribution in [0.2, 0.25) is 0 Å². The van der Waals surface area contributed by atoms with Crippen LogP contribution in [0.1, 0.15) is 13.3 Å². The van der Waals surface area contributed by atoms with Crippen LogP contribution in [0.3, 0.4) is 0 Å². The van der Waals surface area contributed by atoms with Crippen molar-refractivity contribution in [3.05, 3.63) is 12.2 Å². The van der Waals surface area contributed by atoms with Crippen molar-refractivity contribution in [2.45, 2.75) is 13.3 Å². The number of hydrogen-bond donors (Lipinski definition) is 0. The minimum Gasteiger partial charge on any atom is -0.0848 e. The molecule has 0 aliphatic heterocycles. The van der Waals surface area contributed by atoms with E-state index < -0.39 is 0 Å². The highest BCUT2D eigenvalue weighted by atomic mass is 14.4. The van der Waals surface area contributed by atoms with Crippen molar-refractivity contribution < 1.29 is 0 Å². The zero-order valence-corrected chi connectivity index (χ0v) is 4.59. The van der Waals surface area contributed by atoms with Crippen molar-refractivity contribution in [3.8, 4) is 0 Å². The van der Waals surface area contributed by atoms with Crippen molar-refractivity contribution in [2.75, 3.05) is 0 Å². The van der Waals surface area contributed by atoms with Gasteiger partial charge in [-0.25, -0.2) is 0 Å². The molecule has 2 bridgehead atoms. The van der Waals surface area contributed by atoms with E-state index in [-0.39, 0.29) is 0 Å². The van der Waals surface area contributed by atoms with Crippen molar-refractivity contribution in [2.24, 2.45) is 17.8 Å². The molecule has 3 aliphatic carbocycles. The van der Waals surface area contributed by atoms with E-state index in [2.05, 4.69) is 19.1 Å². The van der Waals surface area contributed by atoms with Crippen LogP contribution in [0.5, 0.6) is 0 Å². The molecule has 0 heterocycles. The monoisotopic (exact) mass is 94.1 g/mol. The average Bonchev–Trinajstić information content (AvgIpc) is 2.18. The summed E-state index contributed by atoms with van der Waals surface area (Å²) in [4.78, 5) is 0. The molecule has 0 heteroatoms. The van der Waals surface area contributed by atoms with E-state index in [1.807, 2.05) is 0 Å². The summed E-state index contributed by atoms with van der Waals surface area (Å²) in [5.74, 6) is 2.95.